The molecule has 2 aromatic rings. The maximum atomic E-state index is 13.9. The van der Waals surface area contributed by atoms with Crippen molar-refractivity contribution in [3.8, 4) is 11.1 Å². The van der Waals surface area contributed by atoms with Crippen LogP contribution in [0.3, 0.4) is 0 Å². The van der Waals surface area contributed by atoms with Crippen LogP contribution in [-0.2, 0) is 0 Å². The molecule has 2 aromatic carbocycles. The second-order valence-corrected chi connectivity index (χ2v) is 4.42. The topological polar surface area (TPSA) is 17.1 Å². The fraction of sp³-hybridized carbons (Fsp3) is 0. The van der Waals surface area contributed by atoms with Gasteiger partial charge in [0.25, 0.3) is 0 Å². The van der Waals surface area contributed by atoms with E-state index >= 15 is 0 Å². The second kappa shape index (κ2) is 4.94. The van der Waals surface area contributed by atoms with Crippen LogP contribution < -0.4 is 0 Å². The molecule has 0 aliphatic carbocycles. The Bertz CT molecular complexity index is 626. The minimum absolute atomic E-state index is 0.0206. The lowest BCUT2D eigenvalue weighted by Gasteiger charge is -2.09. The number of carbonyl (C=O) groups is 1. The van der Waals surface area contributed by atoms with E-state index in [1.807, 2.05) is 0 Å². The summed E-state index contributed by atoms with van der Waals surface area (Å²) in [5, 5.41) is 0. The summed E-state index contributed by atoms with van der Waals surface area (Å²) >= 11 is 2.92. The molecular formula is C13H6BrF3O. The van der Waals surface area contributed by atoms with Crippen LogP contribution in [0.2, 0.25) is 0 Å². The van der Waals surface area contributed by atoms with Crippen molar-refractivity contribution in [2.75, 3.05) is 0 Å². The third kappa shape index (κ3) is 2.18. The van der Waals surface area contributed by atoms with Crippen molar-refractivity contribution >= 4 is 22.2 Å². The van der Waals surface area contributed by atoms with Crippen molar-refractivity contribution in [1.29, 1.82) is 0 Å². The highest BCUT2D eigenvalue weighted by Gasteiger charge is 2.17. The van der Waals surface area contributed by atoms with Gasteiger partial charge in [0.1, 0.15) is 17.5 Å². The van der Waals surface area contributed by atoms with E-state index in [4.69, 9.17) is 0 Å². The van der Waals surface area contributed by atoms with E-state index in [2.05, 4.69) is 15.9 Å². The number of hydrogen-bond acceptors (Lipinski definition) is 1. The Morgan fingerprint density at radius 1 is 1.06 bits per heavy atom. The van der Waals surface area contributed by atoms with Gasteiger partial charge in [-0.05, 0) is 46.3 Å². The lowest BCUT2D eigenvalue weighted by Crippen LogP contribution is -1.96. The fourth-order valence-corrected chi connectivity index (χ4v) is 1.95. The predicted molar refractivity (Wildman–Crippen MR) is 64.8 cm³/mol. The van der Waals surface area contributed by atoms with Crippen LogP contribution in [0.5, 0.6) is 0 Å². The molecule has 2 rings (SSSR count). The first-order chi connectivity index (χ1) is 8.54. The highest BCUT2D eigenvalue weighted by atomic mass is 79.9. The highest BCUT2D eigenvalue weighted by Crippen LogP contribution is 2.32. The van der Waals surface area contributed by atoms with Crippen molar-refractivity contribution < 1.29 is 18.0 Å². The molecule has 0 saturated heterocycles. The summed E-state index contributed by atoms with van der Waals surface area (Å²) in [6, 6.07) is 5.41. The average molecular weight is 315 g/mol. The van der Waals surface area contributed by atoms with Crippen molar-refractivity contribution in [3.05, 3.63) is 57.8 Å². The minimum Gasteiger partial charge on any atom is -0.298 e. The Hall–Kier alpha value is -1.62. The monoisotopic (exact) mass is 314 g/mol. The van der Waals surface area contributed by atoms with Crippen LogP contribution in [0.1, 0.15) is 10.4 Å². The summed E-state index contributed by atoms with van der Waals surface area (Å²) in [5.41, 5.74) is -0.514. The van der Waals surface area contributed by atoms with Gasteiger partial charge in [-0.3, -0.25) is 4.79 Å². The zero-order valence-corrected chi connectivity index (χ0v) is 10.5. The molecule has 0 spiro atoms. The van der Waals surface area contributed by atoms with Crippen LogP contribution in [0.4, 0.5) is 13.2 Å². The van der Waals surface area contributed by atoms with Gasteiger partial charge in [-0.15, -0.1) is 0 Å². The molecule has 0 unspecified atom stereocenters. The van der Waals surface area contributed by atoms with Gasteiger partial charge in [-0.2, -0.15) is 0 Å². The smallest absolute Gasteiger partial charge is 0.150 e. The highest BCUT2D eigenvalue weighted by molar-refractivity contribution is 9.10. The number of carbonyl (C=O) groups excluding carboxylic acids is 1. The van der Waals surface area contributed by atoms with Gasteiger partial charge < -0.3 is 0 Å². The van der Waals surface area contributed by atoms with E-state index in [1.165, 1.54) is 12.1 Å². The molecule has 0 amide bonds. The molecule has 0 aromatic heterocycles. The Morgan fingerprint density at radius 3 is 2.44 bits per heavy atom. The van der Waals surface area contributed by atoms with Gasteiger partial charge in [0.2, 0.25) is 0 Å². The first-order valence-electron chi connectivity index (χ1n) is 4.93. The standard InChI is InChI=1S/C13H6BrF3O/c14-10-3-4-11(16)12(13(10)17)9-5-8(15)2-1-7(9)6-18/h1-6H. The Labute approximate surface area is 109 Å². The lowest BCUT2D eigenvalue weighted by molar-refractivity contribution is 0.112. The molecule has 0 bridgehead atoms. The van der Waals surface area contributed by atoms with Gasteiger partial charge in [-0.1, -0.05) is 0 Å². The molecule has 18 heavy (non-hydrogen) atoms. The molecule has 0 fully saturated rings. The second-order valence-electron chi connectivity index (χ2n) is 3.57. The van der Waals surface area contributed by atoms with Crippen molar-refractivity contribution in [2.45, 2.75) is 0 Å². The van der Waals surface area contributed by atoms with E-state index in [1.54, 1.807) is 0 Å². The summed E-state index contributed by atoms with van der Waals surface area (Å²) in [6.07, 6.45) is 0.425. The van der Waals surface area contributed by atoms with Crippen LogP contribution >= 0.6 is 15.9 Å². The molecule has 5 heteroatoms. The molecule has 92 valence electrons. The summed E-state index contributed by atoms with van der Waals surface area (Å²) in [4.78, 5) is 10.8. The minimum atomic E-state index is -0.872. The molecule has 1 nitrogen and oxygen atoms in total. The van der Waals surface area contributed by atoms with Crippen molar-refractivity contribution in [2.24, 2.45) is 0 Å². The van der Waals surface area contributed by atoms with E-state index < -0.39 is 23.0 Å². The SMILES string of the molecule is O=Cc1ccc(F)cc1-c1c(F)ccc(Br)c1F. The molecule has 0 saturated carbocycles. The van der Waals surface area contributed by atoms with Crippen LogP contribution in [-0.4, -0.2) is 6.29 Å². The summed E-state index contributed by atoms with van der Waals surface area (Å²) in [5.74, 6) is -2.40. The number of rotatable bonds is 2. The van der Waals surface area contributed by atoms with Gasteiger partial charge >= 0.3 is 0 Å². The summed E-state index contributed by atoms with van der Waals surface area (Å²) < 4.78 is 40.7. The van der Waals surface area contributed by atoms with Crippen LogP contribution in [0.25, 0.3) is 11.1 Å². The van der Waals surface area contributed by atoms with Crippen LogP contribution in [0.15, 0.2) is 34.8 Å². The maximum absolute atomic E-state index is 13.9. The molecule has 0 atom stereocenters. The van der Waals surface area contributed by atoms with Gasteiger partial charge in [-0.25, -0.2) is 13.2 Å². The molecular weight excluding hydrogens is 309 g/mol. The summed E-state index contributed by atoms with van der Waals surface area (Å²) in [6.45, 7) is 0. The average Bonchev–Trinajstić information content (AvgIpc) is 2.35. The van der Waals surface area contributed by atoms with E-state index in [9.17, 15) is 18.0 Å². The molecule has 0 N–H and O–H groups in total. The number of benzene rings is 2. The normalized spacial score (nSPS) is 10.4. The Morgan fingerprint density at radius 2 is 1.78 bits per heavy atom. The lowest BCUT2D eigenvalue weighted by atomic mass is 9.99. The van der Waals surface area contributed by atoms with Gasteiger partial charge in [0.05, 0.1) is 10.0 Å². The van der Waals surface area contributed by atoms with E-state index in [0.717, 1.165) is 18.2 Å². The first kappa shape index (κ1) is 12.8. The van der Waals surface area contributed by atoms with E-state index in [-0.39, 0.29) is 15.6 Å². The predicted octanol–water partition coefficient (Wildman–Crippen LogP) is 4.35. The van der Waals surface area contributed by atoms with Gasteiger partial charge in [0, 0.05) is 11.1 Å². The maximum Gasteiger partial charge on any atom is 0.150 e. The largest absolute Gasteiger partial charge is 0.298 e. The van der Waals surface area contributed by atoms with E-state index in [0.29, 0.717) is 6.29 Å². The van der Waals surface area contributed by atoms with Crippen molar-refractivity contribution in [3.63, 3.8) is 0 Å². The molecule has 0 radical (unpaired) electrons. The molecule has 0 aliphatic heterocycles. The third-order valence-electron chi connectivity index (χ3n) is 2.46. The zero-order valence-electron chi connectivity index (χ0n) is 8.88. The quantitative estimate of drug-likeness (QED) is 0.595. The van der Waals surface area contributed by atoms with Crippen molar-refractivity contribution in [1.82, 2.24) is 0 Å². The Kier molecular flexibility index (Phi) is 3.52. The Balaban J connectivity index is 2.80. The first-order valence-corrected chi connectivity index (χ1v) is 5.72. The number of aldehydes is 1. The zero-order chi connectivity index (χ0) is 13.3. The van der Waals surface area contributed by atoms with Crippen LogP contribution in [0, 0.1) is 17.5 Å². The number of hydrogen-bond donors (Lipinski definition) is 0. The third-order valence-corrected chi connectivity index (χ3v) is 3.07. The fourth-order valence-electron chi connectivity index (χ4n) is 1.62. The number of halogens is 4. The summed E-state index contributed by atoms with van der Waals surface area (Å²) in [7, 11) is 0. The molecule has 0 aliphatic rings. The molecule has 0 heterocycles. The van der Waals surface area contributed by atoms with Gasteiger partial charge in [0.15, 0.2) is 6.29 Å².